The van der Waals surface area contributed by atoms with Crippen molar-refractivity contribution in [2.75, 3.05) is 11.1 Å². The van der Waals surface area contributed by atoms with Crippen molar-refractivity contribution in [2.24, 2.45) is 0 Å². The zero-order chi connectivity index (χ0) is 18.5. The molecule has 0 aromatic heterocycles. The first kappa shape index (κ1) is 20.4. The molecule has 0 aliphatic rings. The highest BCUT2D eigenvalue weighted by Crippen LogP contribution is 2.19. The Balaban J connectivity index is 1.55. The van der Waals surface area contributed by atoms with Crippen molar-refractivity contribution in [1.82, 2.24) is 0 Å². The first-order valence-corrected chi connectivity index (χ1v) is 10.5. The van der Waals surface area contributed by atoms with Crippen LogP contribution in [0.3, 0.4) is 0 Å². The van der Waals surface area contributed by atoms with Crippen LogP contribution in [0.4, 0.5) is 17.1 Å². The molecule has 0 saturated heterocycles. The lowest BCUT2D eigenvalue weighted by molar-refractivity contribution is 0.556. The summed E-state index contributed by atoms with van der Waals surface area (Å²) in [5.74, 6) is 0. The number of nitrogens with one attached hydrogen (secondary N) is 1. The van der Waals surface area contributed by atoms with Crippen LogP contribution in [-0.4, -0.2) is 0 Å². The number of nitrogens with two attached hydrogens (primary N) is 1. The van der Waals surface area contributed by atoms with Gasteiger partial charge in [-0.25, -0.2) is 0 Å². The number of hydrogen-bond donors (Lipinski definition) is 2. The molecule has 0 fully saturated rings. The average Bonchev–Trinajstić information content (AvgIpc) is 2.66. The summed E-state index contributed by atoms with van der Waals surface area (Å²) in [4.78, 5) is 0. The van der Waals surface area contributed by atoms with Crippen LogP contribution in [0.5, 0.6) is 0 Å². The van der Waals surface area contributed by atoms with E-state index in [1.54, 1.807) is 0 Å². The number of benzene rings is 2. The van der Waals surface area contributed by atoms with Crippen LogP contribution in [0.15, 0.2) is 48.5 Å². The smallest absolute Gasteiger partial charge is 0.0385 e. The van der Waals surface area contributed by atoms with E-state index in [9.17, 15) is 0 Å². The maximum atomic E-state index is 5.72. The van der Waals surface area contributed by atoms with Gasteiger partial charge in [-0.2, -0.15) is 0 Å². The van der Waals surface area contributed by atoms with Crippen LogP contribution >= 0.6 is 0 Å². The molecule has 0 saturated carbocycles. The van der Waals surface area contributed by atoms with E-state index < -0.39 is 0 Å². The summed E-state index contributed by atoms with van der Waals surface area (Å²) in [5.41, 5.74) is 10.2. The van der Waals surface area contributed by atoms with E-state index in [2.05, 4.69) is 36.5 Å². The van der Waals surface area contributed by atoms with Crippen molar-refractivity contribution in [1.29, 1.82) is 0 Å². The minimum absolute atomic E-state index is 0.794. The van der Waals surface area contributed by atoms with Gasteiger partial charge in [0.25, 0.3) is 0 Å². The van der Waals surface area contributed by atoms with Gasteiger partial charge < -0.3 is 11.1 Å². The molecule has 2 heteroatoms. The lowest BCUT2D eigenvalue weighted by Crippen LogP contribution is -1.92. The zero-order valence-corrected chi connectivity index (χ0v) is 16.5. The molecule has 26 heavy (non-hydrogen) atoms. The van der Waals surface area contributed by atoms with Gasteiger partial charge in [-0.1, -0.05) is 76.8 Å². The van der Waals surface area contributed by atoms with Crippen LogP contribution in [0.1, 0.15) is 76.7 Å². The Morgan fingerprint density at radius 1 is 0.615 bits per heavy atom. The number of nitrogen functional groups attached to an aromatic ring is 1. The Morgan fingerprint density at radius 3 is 1.62 bits per heavy atom. The predicted octanol–water partition coefficient (Wildman–Crippen LogP) is 7.48. The van der Waals surface area contributed by atoms with E-state index in [1.165, 1.54) is 76.2 Å². The SMILES string of the molecule is CCCCCCCCCCCCc1ccc(Nc2ccc(N)cc2)cc1. The second-order valence-corrected chi connectivity index (χ2v) is 7.38. The molecule has 0 aliphatic heterocycles. The van der Waals surface area contributed by atoms with Crippen LogP contribution in [0.2, 0.25) is 0 Å². The lowest BCUT2D eigenvalue weighted by Gasteiger charge is -2.08. The standard InChI is InChI=1S/C24H36N2/c1-2-3-4-5-6-7-8-9-10-11-12-21-13-17-23(18-14-21)26-24-19-15-22(25)16-20-24/h13-20,26H,2-12,25H2,1H3. The second kappa shape index (κ2) is 12.4. The number of aryl methyl sites for hydroxylation is 1. The van der Waals surface area contributed by atoms with Gasteiger partial charge in [-0.3, -0.25) is 0 Å². The molecule has 0 heterocycles. The predicted molar refractivity (Wildman–Crippen MR) is 116 cm³/mol. The van der Waals surface area contributed by atoms with Gasteiger partial charge in [0.2, 0.25) is 0 Å². The maximum Gasteiger partial charge on any atom is 0.0385 e. The lowest BCUT2D eigenvalue weighted by atomic mass is 10.0. The highest BCUT2D eigenvalue weighted by Gasteiger charge is 1.98. The van der Waals surface area contributed by atoms with Crippen molar-refractivity contribution in [3.63, 3.8) is 0 Å². The minimum Gasteiger partial charge on any atom is -0.399 e. The topological polar surface area (TPSA) is 38.0 Å². The summed E-state index contributed by atoms with van der Waals surface area (Å²) in [6.07, 6.45) is 15.1. The van der Waals surface area contributed by atoms with Crippen LogP contribution in [0, 0.1) is 0 Å². The molecule has 2 aromatic carbocycles. The van der Waals surface area contributed by atoms with Gasteiger partial charge in [0.1, 0.15) is 0 Å². The third-order valence-electron chi connectivity index (χ3n) is 4.97. The first-order valence-electron chi connectivity index (χ1n) is 10.5. The quantitative estimate of drug-likeness (QED) is 0.290. The fourth-order valence-corrected chi connectivity index (χ4v) is 3.30. The van der Waals surface area contributed by atoms with Gasteiger partial charge >= 0.3 is 0 Å². The first-order chi connectivity index (χ1) is 12.8. The molecule has 142 valence electrons. The maximum absolute atomic E-state index is 5.72. The number of hydrogen-bond acceptors (Lipinski definition) is 2. The second-order valence-electron chi connectivity index (χ2n) is 7.38. The molecule has 0 aliphatic carbocycles. The fourth-order valence-electron chi connectivity index (χ4n) is 3.30. The fraction of sp³-hybridized carbons (Fsp3) is 0.500. The van der Waals surface area contributed by atoms with Gasteiger partial charge in [-0.05, 0) is 54.8 Å². The summed E-state index contributed by atoms with van der Waals surface area (Å²) < 4.78 is 0. The van der Waals surface area contributed by atoms with Crippen molar-refractivity contribution < 1.29 is 0 Å². The molecule has 0 spiro atoms. The summed E-state index contributed by atoms with van der Waals surface area (Å²) in [6, 6.07) is 16.7. The average molecular weight is 353 g/mol. The minimum atomic E-state index is 0.794. The molecule has 0 unspecified atom stereocenters. The molecular weight excluding hydrogens is 316 g/mol. The highest BCUT2D eigenvalue weighted by molar-refractivity contribution is 5.61. The molecule has 2 rings (SSSR count). The van der Waals surface area contributed by atoms with Gasteiger partial charge in [0, 0.05) is 17.1 Å². The summed E-state index contributed by atoms with van der Waals surface area (Å²) in [6.45, 7) is 2.28. The largest absolute Gasteiger partial charge is 0.399 e. The monoisotopic (exact) mass is 352 g/mol. The molecule has 0 bridgehead atoms. The molecule has 3 N–H and O–H groups in total. The Hall–Kier alpha value is -1.96. The van der Waals surface area contributed by atoms with E-state index in [0.29, 0.717) is 0 Å². The van der Waals surface area contributed by atoms with Gasteiger partial charge in [0.15, 0.2) is 0 Å². The van der Waals surface area contributed by atoms with Crippen LogP contribution in [0.25, 0.3) is 0 Å². The van der Waals surface area contributed by atoms with E-state index in [-0.39, 0.29) is 0 Å². The Bertz CT molecular complexity index is 587. The Kier molecular flexibility index (Phi) is 9.71. The Morgan fingerprint density at radius 2 is 1.08 bits per heavy atom. The van der Waals surface area contributed by atoms with E-state index in [0.717, 1.165) is 17.1 Å². The van der Waals surface area contributed by atoms with E-state index in [4.69, 9.17) is 5.73 Å². The van der Waals surface area contributed by atoms with Crippen LogP contribution < -0.4 is 11.1 Å². The van der Waals surface area contributed by atoms with E-state index >= 15 is 0 Å². The Labute approximate surface area is 160 Å². The molecule has 0 radical (unpaired) electrons. The number of unbranched alkanes of at least 4 members (excludes halogenated alkanes) is 9. The van der Waals surface area contributed by atoms with Crippen molar-refractivity contribution in [3.8, 4) is 0 Å². The molecular formula is C24H36N2. The molecule has 0 atom stereocenters. The number of rotatable bonds is 13. The van der Waals surface area contributed by atoms with Crippen molar-refractivity contribution >= 4 is 17.1 Å². The third kappa shape index (κ3) is 8.42. The summed E-state index contributed by atoms with van der Waals surface area (Å²) in [7, 11) is 0. The summed E-state index contributed by atoms with van der Waals surface area (Å²) in [5, 5.41) is 3.41. The summed E-state index contributed by atoms with van der Waals surface area (Å²) >= 11 is 0. The number of anilines is 3. The van der Waals surface area contributed by atoms with Gasteiger partial charge in [-0.15, -0.1) is 0 Å². The van der Waals surface area contributed by atoms with Gasteiger partial charge in [0.05, 0.1) is 0 Å². The van der Waals surface area contributed by atoms with Crippen molar-refractivity contribution in [3.05, 3.63) is 54.1 Å². The van der Waals surface area contributed by atoms with Crippen molar-refractivity contribution in [2.45, 2.75) is 77.6 Å². The third-order valence-corrected chi connectivity index (χ3v) is 4.97. The zero-order valence-electron chi connectivity index (χ0n) is 16.5. The molecule has 0 amide bonds. The van der Waals surface area contributed by atoms with Crippen LogP contribution in [-0.2, 0) is 6.42 Å². The normalized spacial score (nSPS) is 10.8. The van der Waals surface area contributed by atoms with E-state index in [1.807, 2.05) is 24.3 Å². The highest BCUT2D eigenvalue weighted by atomic mass is 14.9. The molecule has 2 aromatic rings. The molecule has 2 nitrogen and oxygen atoms in total.